The van der Waals surface area contributed by atoms with Gasteiger partial charge >= 0.3 is 12.1 Å². The van der Waals surface area contributed by atoms with E-state index >= 15 is 0 Å². The van der Waals surface area contributed by atoms with Crippen molar-refractivity contribution in [1.82, 2.24) is 10.6 Å². The molecule has 0 radical (unpaired) electrons. The van der Waals surface area contributed by atoms with Gasteiger partial charge in [0, 0.05) is 12.3 Å². The monoisotopic (exact) mass is 448 g/mol. The summed E-state index contributed by atoms with van der Waals surface area (Å²) in [5.41, 5.74) is 4.36. The Hall–Kier alpha value is -3.79. The summed E-state index contributed by atoms with van der Waals surface area (Å²) in [6.07, 6.45) is 5.04. The average molecular weight is 449 g/mol. The van der Waals surface area contributed by atoms with Crippen LogP contribution in [0.3, 0.4) is 0 Å². The maximum Gasteiger partial charge on any atom is 0.407 e. The molecule has 0 bridgehead atoms. The van der Waals surface area contributed by atoms with Gasteiger partial charge < -0.3 is 20.5 Å². The van der Waals surface area contributed by atoms with Gasteiger partial charge in [-0.25, -0.2) is 9.59 Å². The van der Waals surface area contributed by atoms with Gasteiger partial charge in [-0.3, -0.25) is 4.79 Å². The Morgan fingerprint density at radius 2 is 1.64 bits per heavy atom. The van der Waals surface area contributed by atoms with Crippen LogP contribution in [-0.4, -0.2) is 41.8 Å². The van der Waals surface area contributed by atoms with E-state index in [4.69, 9.17) is 11.2 Å². The number of fused-ring (bicyclic) bond motifs is 3. The van der Waals surface area contributed by atoms with Crippen molar-refractivity contribution in [3.8, 4) is 23.5 Å². The molecule has 172 valence electrons. The van der Waals surface area contributed by atoms with Gasteiger partial charge in [0.15, 0.2) is 0 Å². The van der Waals surface area contributed by atoms with E-state index in [9.17, 15) is 19.5 Å². The minimum Gasteiger partial charge on any atom is -0.480 e. The predicted octanol–water partition coefficient (Wildman–Crippen LogP) is 3.53. The summed E-state index contributed by atoms with van der Waals surface area (Å²) in [5, 5.41) is 14.4. The number of aliphatic carboxylic acids is 1. The van der Waals surface area contributed by atoms with Crippen LogP contribution in [0.1, 0.15) is 43.7 Å². The summed E-state index contributed by atoms with van der Waals surface area (Å²) in [7, 11) is 0. The predicted molar refractivity (Wildman–Crippen MR) is 124 cm³/mol. The number of carboxylic acids is 1. The number of hydrogen-bond acceptors (Lipinski definition) is 4. The molecule has 1 aliphatic carbocycles. The molecule has 1 aliphatic rings. The van der Waals surface area contributed by atoms with Crippen molar-refractivity contribution in [2.45, 2.75) is 44.7 Å². The van der Waals surface area contributed by atoms with Crippen molar-refractivity contribution in [3.05, 3.63) is 59.7 Å². The first-order valence-electron chi connectivity index (χ1n) is 11.0. The Balaban J connectivity index is 1.66. The molecule has 0 aliphatic heterocycles. The van der Waals surface area contributed by atoms with Crippen LogP contribution in [-0.2, 0) is 14.3 Å². The summed E-state index contributed by atoms with van der Waals surface area (Å²) in [4.78, 5) is 36.7. The van der Waals surface area contributed by atoms with E-state index in [1.165, 1.54) is 0 Å². The van der Waals surface area contributed by atoms with E-state index in [2.05, 4.69) is 16.6 Å². The third kappa shape index (κ3) is 5.35. The molecule has 2 amide bonds. The van der Waals surface area contributed by atoms with Crippen LogP contribution >= 0.6 is 0 Å². The van der Waals surface area contributed by atoms with E-state index in [-0.39, 0.29) is 24.9 Å². The summed E-state index contributed by atoms with van der Waals surface area (Å²) in [6, 6.07) is 13.8. The Morgan fingerprint density at radius 3 is 2.15 bits per heavy atom. The molecule has 0 spiro atoms. The number of carbonyl (C=O) groups is 3. The van der Waals surface area contributed by atoms with Crippen LogP contribution in [0.25, 0.3) is 11.1 Å². The van der Waals surface area contributed by atoms with Gasteiger partial charge in [0.2, 0.25) is 5.91 Å². The highest BCUT2D eigenvalue weighted by molar-refractivity contribution is 5.89. The zero-order chi connectivity index (χ0) is 24.0. The molecular weight excluding hydrogens is 420 g/mol. The lowest BCUT2D eigenvalue weighted by Crippen LogP contribution is -2.53. The molecule has 0 heterocycles. The lowest BCUT2D eigenvalue weighted by molar-refractivity contribution is -0.143. The average Bonchev–Trinajstić information content (AvgIpc) is 3.13. The van der Waals surface area contributed by atoms with Gasteiger partial charge in [-0.05, 0) is 28.2 Å². The quantitative estimate of drug-likeness (QED) is 0.509. The normalized spacial score (nSPS) is 14.7. The van der Waals surface area contributed by atoms with Crippen LogP contribution in [0, 0.1) is 18.3 Å². The molecule has 3 atom stereocenters. The van der Waals surface area contributed by atoms with Crippen molar-refractivity contribution in [3.63, 3.8) is 0 Å². The minimum absolute atomic E-state index is 0.0921. The van der Waals surface area contributed by atoms with Gasteiger partial charge in [-0.15, -0.1) is 12.3 Å². The fourth-order valence-corrected chi connectivity index (χ4v) is 4.05. The second kappa shape index (κ2) is 10.7. The van der Waals surface area contributed by atoms with E-state index in [1.54, 1.807) is 6.92 Å². The van der Waals surface area contributed by atoms with Gasteiger partial charge in [0.05, 0.1) is 0 Å². The van der Waals surface area contributed by atoms with Gasteiger partial charge in [-0.1, -0.05) is 68.8 Å². The highest BCUT2D eigenvalue weighted by Gasteiger charge is 2.31. The lowest BCUT2D eigenvalue weighted by atomic mass is 9.98. The third-order valence-electron chi connectivity index (χ3n) is 6.05. The Bertz CT molecular complexity index is 1030. The number of rotatable bonds is 9. The van der Waals surface area contributed by atoms with Crippen molar-refractivity contribution in [2.24, 2.45) is 5.92 Å². The maximum absolute atomic E-state index is 12.7. The zero-order valence-corrected chi connectivity index (χ0v) is 18.7. The number of nitrogens with one attached hydrogen (secondary N) is 2. The molecular formula is C26H28N2O5. The number of carbonyl (C=O) groups excluding carboxylic acids is 2. The molecule has 0 aromatic heterocycles. The zero-order valence-electron chi connectivity index (χ0n) is 18.7. The number of terminal acetylenes is 1. The van der Waals surface area contributed by atoms with Crippen LogP contribution < -0.4 is 10.6 Å². The van der Waals surface area contributed by atoms with Crippen molar-refractivity contribution in [1.29, 1.82) is 0 Å². The first kappa shape index (κ1) is 23.9. The molecule has 0 fully saturated rings. The maximum atomic E-state index is 12.7. The largest absolute Gasteiger partial charge is 0.480 e. The van der Waals surface area contributed by atoms with E-state index in [0.29, 0.717) is 6.42 Å². The van der Waals surface area contributed by atoms with Gasteiger partial charge in [0.1, 0.15) is 18.7 Å². The molecule has 1 unspecified atom stereocenters. The van der Waals surface area contributed by atoms with E-state index in [0.717, 1.165) is 22.3 Å². The van der Waals surface area contributed by atoms with Crippen LogP contribution in [0.15, 0.2) is 48.5 Å². The SMILES string of the molecule is C#CCC(NC(=O)OCC1c2ccccc2-c2ccccc21)C(=O)N[C@H](C(=O)O)[C@@H](C)CC. The number of amides is 2. The molecule has 2 aromatic rings. The fourth-order valence-electron chi connectivity index (χ4n) is 4.05. The molecule has 3 N–H and O–H groups in total. The van der Waals surface area contributed by atoms with Crippen molar-refractivity contribution >= 4 is 18.0 Å². The molecule has 2 aromatic carbocycles. The summed E-state index contributed by atoms with van der Waals surface area (Å²) >= 11 is 0. The smallest absolute Gasteiger partial charge is 0.407 e. The summed E-state index contributed by atoms with van der Waals surface area (Å²) < 4.78 is 5.47. The van der Waals surface area contributed by atoms with Crippen molar-refractivity contribution in [2.75, 3.05) is 6.61 Å². The highest BCUT2D eigenvalue weighted by Crippen LogP contribution is 2.44. The second-order valence-electron chi connectivity index (χ2n) is 8.14. The number of hydrogen-bond donors (Lipinski definition) is 3. The standard InChI is InChI=1S/C26H28N2O5/c1-4-10-22(24(29)28-23(25(30)31)16(3)5-2)27-26(32)33-15-21-19-13-8-6-11-17(19)18-12-7-9-14-20(18)21/h1,6-9,11-14,16,21-23H,5,10,15H2,2-3H3,(H,27,32)(H,28,29)(H,30,31)/t16-,22?,23-/m0/s1. The van der Waals surface area contributed by atoms with E-state index < -0.39 is 30.1 Å². The highest BCUT2D eigenvalue weighted by atomic mass is 16.5. The number of benzene rings is 2. The fraction of sp³-hybridized carbons (Fsp3) is 0.346. The number of ether oxygens (including phenoxy) is 1. The molecule has 3 rings (SSSR count). The molecule has 0 saturated heterocycles. The van der Waals surface area contributed by atoms with Gasteiger partial charge in [0.25, 0.3) is 0 Å². The van der Waals surface area contributed by atoms with E-state index in [1.807, 2.05) is 55.5 Å². The van der Waals surface area contributed by atoms with Crippen LogP contribution in [0.2, 0.25) is 0 Å². The first-order chi connectivity index (χ1) is 15.9. The van der Waals surface area contributed by atoms with Gasteiger partial charge in [-0.2, -0.15) is 0 Å². The second-order valence-corrected chi connectivity index (χ2v) is 8.14. The van der Waals surface area contributed by atoms with Crippen molar-refractivity contribution < 1.29 is 24.2 Å². The molecule has 0 saturated carbocycles. The Kier molecular flexibility index (Phi) is 7.73. The summed E-state index contributed by atoms with van der Waals surface area (Å²) in [5.74, 6) is 0.140. The van der Waals surface area contributed by atoms with Crippen LogP contribution in [0.4, 0.5) is 4.79 Å². The number of carboxylic acid groups (broad SMARTS) is 1. The number of alkyl carbamates (subject to hydrolysis) is 1. The minimum atomic E-state index is -1.14. The topological polar surface area (TPSA) is 105 Å². The van der Waals surface area contributed by atoms with Crippen LogP contribution in [0.5, 0.6) is 0 Å². The molecule has 7 nitrogen and oxygen atoms in total. The Labute approximate surface area is 193 Å². The third-order valence-corrected chi connectivity index (χ3v) is 6.05. The first-order valence-corrected chi connectivity index (χ1v) is 11.0. The summed E-state index contributed by atoms with van der Waals surface area (Å²) in [6.45, 7) is 3.66. The lowest BCUT2D eigenvalue weighted by Gasteiger charge is -2.23. The Morgan fingerprint density at radius 1 is 1.06 bits per heavy atom. The molecule has 33 heavy (non-hydrogen) atoms. The molecule has 7 heteroatoms.